The Morgan fingerprint density at radius 2 is 2.17 bits per heavy atom. The molecule has 2 nitrogen and oxygen atoms in total. The zero-order valence-electron chi connectivity index (χ0n) is 6.93. The number of nitrogens with one attached hydrogen (secondary N) is 1. The zero-order valence-corrected chi connectivity index (χ0v) is 9.33. The van der Waals surface area contributed by atoms with Crippen molar-refractivity contribution in [3.63, 3.8) is 0 Å². The molecule has 1 aromatic carbocycles. The van der Waals surface area contributed by atoms with E-state index in [1.54, 1.807) is 6.26 Å². The molecule has 1 N–H and O–H groups in total. The molecule has 0 fully saturated rings. The molecular weight excluding hydrogens is 238 g/mol. The molecule has 0 amide bonds. The zero-order chi connectivity index (χ0) is 9.14. The van der Waals surface area contributed by atoms with E-state index in [9.17, 15) is 4.21 Å². The standard InChI is InChI=1S/C8H10BrNOS/c1-6-7(9)4-3-5-8(6)10-12(2)11/h3-5,10H,1-2H3. The molecule has 0 saturated carbocycles. The summed E-state index contributed by atoms with van der Waals surface area (Å²) in [5, 5.41) is 0. The fourth-order valence-electron chi connectivity index (χ4n) is 0.873. The lowest BCUT2D eigenvalue weighted by Crippen LogP contribution is -2.02. The van der Waals surface area contributed by atoms with Crippen molar-refractivity contribution in [2.75, 3.05) is 11.0 Å². The minimum atomic E-state index is -1.01. The van der Waals surface area contributed by atoms with Crippen molar-refractivity contribution in [2.24, 2.45) is 0 Å². The van der Waals surface area contributed by atoms with Gasteiger partial charge in [-0.05, 0) is 24.6 Å². The second kappa shape index (κ2) is 4.05. The molecule has 66 valence electrons. The molecule has 0 heterocycles. The van der Waals surface area contributed by atoms with Gasteiger partial charge >= 0.3 is 0 Å². The molecule has 0 aliphatic rings. The summed E-state index contributed by atoms with van der Waals surface area (Å²) in [6.45, 7) is 1.97. The Labute approximate surface area is 83.1 Å². The summed E-state index contributed by atoms with van der Waals surface area (Å²) >= 11 is 3.40. The average Bonchev–Trinajstić information content (AvgIpc) is 1.98. The van der Waals surface area contributed by atoms with Crippen LogP contribution in [-0.4, -0.2) is 10.5 Å². The van der Waals surface area contributed by atoms with Crippen LogP contribution >= 0.6 is 15.9 Å². The van der Waals surface area contributed by atoms with Crippen LogP contribution in [0.15, 0.2) is 22.7 Å². The summed E-state index contributed by atoms with van der Waals surface area (Å²) in [6, 6.07) is 5.77. The summed E-state index contributed by atoms with van der Waals surface area (Å²) in [6.07, 6.45) is 1.61. The number of hydrogen-bond donors (Lipinski definition) is 1. The molecular formula is C8H10BrNOS. The monoisotopic (exact) mass is 247 g/mol. The Kier molecular flexibility index (Phi) is 3.29. The van der Waals surface area contributed by atoms with Crippen LogP contribution in [0.3, 0.4) is 0 Å². The van der Waals surface area contributed by atoms with Gasteiger partial charge in [-0.2, -0.15) is 0 Å². The largest absolute Gasteiger partial charge is 0.305 e. The van der Waals surface area contributed by atoms with E-state index in [4.69, 9.17) is 0 Å². The highest BCUT2D eigenvalue weighted by atomic mass is 79.9. The van der Waals surface area contributed by atoms with Crippen LogP contribution in [0.5, 0.6) is 0 Å². The third kappa shape index (κ3) is 2.32. The van der Waals surface area contributed by atoms with E-state index in [1.165, 1.54) is 0 Å². The lowest BCUT2D eigenvalue weighted by Gasteiger charge is -2.07. The molecule has 0 radical (unpaired) electrons. The quantitative estimate of drug-likeness (QED) is 0.855. The SMILES string of the molecule is Cc1c(Br)cccc1NS(C)=O. The summed E-state index contributed by atoms with van der Waals surface area (Å²) in [5.74, 6) is 0. The number of hydrogen-bond acceptors (Lipinski definition) is 1. The van der Waals surface area contributed by atoms with E-state index in [1.807, 2.05) is 25.1 Å². The van der Waals surface area contributed by atoms with Crippen molar-refractivity contribution in [2.45, 2.75) is 6.92 Å². The molecule has 0 saturated heterocycles. The smallest absolute Gasteiger partial charge is 0.113 e. The highest BCUT2D eigenvalue weighted by molar-refractivity contribution is 9.10. The van der Waals surface area contributed by atoms with Crippen LogP contribution in [0.2, 0.25) is 0 Å². The van der Waals surface area contributed by atoms with Gasteiger partial charge < -0.3 is 4.72 Å². The van der Waals surface area contributed by atoms with Crippen LogP contribution in [0.25, 0.3) is 0 Å². The molecule has 1 aromatic rings. The first-order valence-corrected chi connectivity index (χ1v) is 5.81. The lowest BCUT2D eigenvalue weighted by molar-refractivity contribution is 0.690. The number of rotatable bonds is 2. The van der Waals surface area contributed by atoms with Gasteiger partial charge in [0, 0.05) is 10.7 Å². The van der Waals surface area contributed by atoms with Crippen molar-refractivity contribution in [1.82, 2.24) is 0 Å². The molecule has 0 aliphatic heterocycles. The molecule has 4 heteroatoms. The van der Waals surface area contributed by atoms with Crippen molar-refractivity contribution in [3.05, 3.63) is 28.2 Å². The summed E-state index contributed by atoms with van der Waals surface area (Å²) < 4.78 is 14.7. The number of benzene rings is 1. The van der Waals surface area contributed by atoms with Gasteiger partial charge in [0.05, 0.1) is 5.69 Å². The van der Waals surface area contributed by atoms with Gasteiger partial charge in [-0.1, -0.05) is 22.0 Å². The minimum absolute atomic E-state index is 0.908. The van der Waals surface area contributed by atoms with Gasteiger partial charge in [0.25, 0.3) is 0 Å². The lowest BCUT2D eigenvalue weighted by atomic mass is 10.2. The molecule has 0 spiro atoms. The molecule has 1 unspecified atom stereocenters. The third-order valence-electron chi connectivity index (χ3n) is 1.52. The maximum Gasteiger partial charge on any atom is 0.113 e. The topological polar surface area (TPSA) is 29.1 Å². The molecule has 0 aromatic heterocycles. The molecule has 0 bridgehead atoms. The van der Waals surface area contributed by atoms with Crippen molar-refractivity contribution >= 4 is 32.6 Å². The van der Waals surface area contributed by atoms with Crippen LogP contribution < -0.4 is 4.72 Å². The van der Waals surface area contributed by atoms with E-state index >= 15 is 0 Å². The second-order valence-electron chi connectivity index (χ2n) is 2.47. The van der Waals surface area contributed by atoms with E-state index in [2.05, 4.69) is 20.7 Å². The molecule has 0 aliphatic carbocycles. The van der Waals surface area contributed by atoms with Crippen LogP contribution in [0, 0.1) is 6.92 Å². The fourth-order valence-corrected chi connectivity index (χ4v) is 1.77. The van der Waals surface area contributed by atoms with E-state index < -0.39 is 11.0 Å². The predicted molar refractivity (Wildman–Crippen MR) is 56.6 cm³/mol. The summed E-state index contributed by atoms with van der Waals surface area (Å²) in [4.78, 5) is 0. The second-order valence-corrected chi connectivity index (χ2v) is 4.44. The van der Waals surface area contributed by atoms with Crippen LogP contribution in [0.1, 0.15) is 5.56 Å². The van der Waals surface area contributed by atoms with Gasteiger partial charge in [0.2, 0.25) is 0 Å². The number of halogens is 1. The molecule has 1 atom stereocenters. The van der Waals surface area contributed by atoms with E-state index in [0.717, 1.165) is 15.7 Å². The highest BCUT2D eigenvalue weighted by Gasteiger charge is 2.01. The van der Waals surface area contributed by atoms with Gasteiger partial charge in [-0.15, -0.1) is 0 Å². The highest BCUT2D eigenvalue weighted by Crippen LogP contribution is 2.23. The average molecular weight is 248 g/mol. The first-order valence-electron chi connectivity index (χ1n) is 3.46. The maximum absolute atomic E-state index is 10.9. The molecule has 1 rings (SSSR count). The summed E-state index contributed by atoms with van der Waals surface area (Å²) in [7, 11) is -1.01. The Hall–Kier alpha value is -0.350. The van der Waals surface area contributed by atoms with Crippen LogP contribution in [-0.2, 0) is 11.0 Å². The first kappa shape index (κ1) is 9.74. The Morgan fingerprint density at radius 1 is 1.50 bits per heavy atom. The predicted octanol–water partition coefficient (Wildman–Crippen LogP) is 2.46. The minimum Gasteiger partial charge on any atom is -0.305 e. The van der Waals surface area contributed by atoms with Gasteiger partial charge in [0.1, 0.15) is 11.0 Å². The Morgan fingerprint density at radius 3 is 2.75 bits per heavy atom. The van der Waals surface area contributed by atoms with Crippen molar-refractivity contribution < 1.29 is 4.21 Å². The van der Waals surface area contributed by atoms with Crippen molar-refractivity contribution in [3.8, 4) is 0 Å². The van der Waals surface area contributed by atoms with Gasteiger partial charge in [-0.25, -0.2) is 4.21 Å². The fraction of sp³-hybridized carbons (Fsp3) is 0.250. The van der Waals surface area contributed by atoms with Gasteiger partial charge in [0.15, 0.2) is 0 Å². The third-order valence-corrected chi connectivity index (χ3v) is 2.89. The number of anilines is 1. The van der Waals surface area contributed by atoms with E-state index in [0.29, 0.717) is 0 Å². The normalized spacial score (nSPS) is 12.6. The van der Waals surface area contributed by atoms with Crippen LogP contribution in [0.4, 0.5) is 5.69 Å². The first-order chi connectivity index (χ1) is 5.61. The van der Waals surface area contributed by atoms with E-state index in [-0.39, 0.29) is 0 Å². The Bertz CT molecular complexity index is 314. The maximum atomic E-state index is 10.9. The van der Waals surface area contributed by atoms with Crippen molar-refractivity contribution in [1.29, 1.82) is 0 Å². The molecule has 12 heavy (non-hydrogen) atoms. The van der Waals surface area contributed by atoms with Gasteiger partial charge in [-0.3, -0.25) is 0 Å². The Balaban J connectivity index is 3.00. The summed E-state index contributed by atoms with van der Waals surface area (Å²) in [5.41, 5.74) is 1.98.